The highest BCUT2D eigenvalue weighted by atomic mass is 19.1. The van der Waals surface area contributed by atoms with E-state index in [2.05, 4.69) is 15.1 Å². The van der Waals surface area contributed by atoms with Crippen LogP contribution in [0.1, 0.15) is 23.7 Å². The van der Waals surface area contributed by atoms with Gasteiger partial charge in [0.15, 0.2) is 17.4 Å². The molecule has 1 aromatic carbocycles. The number of nitriles is 1. The van der Waals surface area contributed by atoms with E-state index in [9.17, 15) is 14.0 Å². The number of halogens is 2. The Morgan fingerprint density at radius 3 is 2.52 bits per heavy atom. The lowest BCUT2D eigenvalue weighted by atomic mass is 10.1. The number of hydrogen-bond donors (Lipinski definition) is 1. The molecule has 2 N–H and O–H groups in total. The number of hydrogen-bond acceptors (Lipinski definition) is 7. The summed E-state index contributed by atoms with van der Waals surface area (Å²) in [6.45, 7) is 3.40. The van der Waals surface area contributed by atoms with Crippen molar-refractivity contribution < 1.29 is 18.3 Å². The molecule has 0 aliphatic heterocycles. The van der Waals surface area contributed by atoms with Crippen LogP contribution in [0.5, 0.6) is 11.5 Å². The summed E-state index contributed by atoms with van der Waals surface area (Å²) in [5.74, 6) is -0.973. The van der Waals surface area contributed by atoms with Crippen LogP contribution in [0, 0.1) is 29.9 Å². The number of anilines is 1. The summed E-state index contributed by atoms with van der Waals surface area (Å²) in [6, 6.07) is 4.25. The van der Waals surface area contributed by atoms with Crippen molar-refractivity contribution in [1.29, 1.82) is 5.26 Å². The predicted octanol–water partition coefficient (Wildman–Crippen LogP) is 2.84. The molecule has 150 valence electrons. The van der Waals surface area contributed by atoms with Gasteiger partial charge in [0.05, 0.1) is 32.2 Å². The van der Waals surface area contributed by atoms with Crippen LogP contribution in [-0.2, 0) is 6.54 Å². The molecule has 0 spiro atoms. The zero-order valence-corrected chi connectivity index (χ0v) is 16.0. The van der Waals surface area contributed by atoms with Crippen LogP contribution in [0.25, 0.3) is 11.5 Å². The maximum Gasteiger partial charge on any atom is 0.183 e. The van der Waals surface area contributed by atoms with E-state index < -0.39 is 11.6 Å². The number of nitrogens with two attached hydrogens (primary N) is 1. The summed E-state index contributed by atoms with van der Waals surface area (Å²) >= 11 is 0. The Morgan fingerprint density at radius 1 is 1.28 bits per heavy atom. The molecule has 0 aliphatic carbocycles. The molecular formula is C19H18F2N6O2. The lowest BCUT2D eigenvalue weighted by molar-refractivity contribution is 0.335. The van der Waals surface area contributed by atoms with Crippen molar-refractivity contribution in [1.82, 2.24) is 19.7 Å². The Balaban J connectivity index is 2.03. The van der Waals surface area contributed by atoms with Gasteiger partial charge < -0.3 is 15.2 Å². The van der Waals surface area contributed by atoms with E-state index in [-0.39, 0.29) is 53.1 Å². The van der Waals surface area contributed by atoms with Crippen LogP contribution < -0.4 is 15.2 Å². The maximum atomic E-state index is 14.4. The largest absolute Gasteiger partial charge is 0.494 e. The Bertz CT molecular complexity index is 1080. The molecule has 2 heterocycles. The van der Waals surface area contributed by atoms with Crippen LogP contribution >= 0.6 is 0 Å². The first-order valence-electron chi connectivity index (χ1n) is 8.64. The topological polar surface area (TPSA) is 112 Å². The normalized spacial score (nSPS) is 10.6. The quantitative estimate of drug-likeness (QED) is 0.677. The number of ether oxygens (including phenoxy) is 2. The minimum absolute atomic E-state index is 0.0807. The van der Waals surface area contributed by atoms with Crippen molar-refractivity contribution >= 4 is 5.82 Å². The number of rotatable bonds is 6. The summed E-state index contributed by atoms with van der Waals surface area (Å²) in [7, 11) is 1.42. The molecule has 0 atom stereocenters. The first-order valence-corrected chi connectivity index (χ1v) is 8.64. The Hall–Kier alpha value is -3.74. The fourth-order valence-corrected chi connectivity index (χ4v) is 2.78. The molecule has 3 rings (SSSR count). The zero-order chi connectivity index (χ0) is 21.1. The van der Waals surface area contributed by atoms with Crippen molar-refractivity contribution in [2.75, 3.05) is 19.5 Å². The summed E-state index contributed by atoms with van der Waals surface area (Å²) in [4.78, 5) is 8.21. The van der Waals surface area contributed by atoms with Gasteiger partial charge in [0, 0.05) is 17.7 Å². The van der Waals surface area contributed by atoms with E-state index in [1.807, 2.05) is 6.07 Å². The predicted molar refractivity (Wildman–Crippen MR) is 100 cm³/mol. The molecule has 29 heavy (non-hydrogen) atoms. The molecule has 0 amide bonds. The van der Waals surface area contributed by atoms with Crippen molar-refractivity contribution in [2.45, 2.75) is 20.4 Å². The van der Waals surface area contributed by atoms with Crippen LogP contribution in [0.15, 0.2) is 18.3 Å². The van der Waals surface area contributed by atoms with Crippen molar-refractivity contribution in [3.63, 3.8) is 0 Å². The number of methoxy groups -OCH3 is 1. The van der Waals surface area contributed by atoms with E-state index in [1.54, 1.807) is 13.8 Å². The van der Waals surface area contributed by atoms with Crippen LogP contribution in [0.4, 0.5) is 14.6 Å². The third-order valence-electron chi connectivity index (χ3n) is 4.27. The molecule has 0 bridgehead atoms. The van der Waals surface area contributed by atoms with Gasteiger partial charge in [-0.15, -0.1) is 0 Å². The van der Waals surface area contributed by atoms with Gasteiger partial charge >= 0.3 is 0 Å². The highest BCUT2D eigenvalue weighted by Gasteiger charge is 2.21. The van der Waals surface area contributed by atoms with Gasteiger partial charge in [-0.05, 0) is 13.8 Å². The molecule has 8 nitrogen and oxygen atoms in total. The van der Waals surface area contributed by atoms with Gasteiger partial charge in [-0.2, -0.15) is 10.4 Å². The molecule has 2 aromatic heterocycles. The smallest absolute Gasteiger partial charge is 0.183 e. The Kier molecular flexibility index (Phi) is 5.59. The molecule has 0 fully saturated rings. The second-order valence-electron chi connectivity index (χ2n) is 6.02. The second kappa shape index (κ2) is 8.10. The zero-order valence-electron chi connectivity index (χ0n) is 16.0. The first kappa shape index (κ1) is 20.0. The summed E-state index contributed by atoms with van der Waals surface area (Å²) in [6.07, 6.45) is 1.36. The van der Waals surface area contributed by atoms with E-state index in [0.29, 0.717) is 5.69 Å². The number of aromatic nitrogens is 4. The van der Waals surface area contributed by atoms with E-state index in [0.717, 1.165) is 12.1 Å². The van der Waals surface area contributed by atoms with Crippen LogP contribution in [0.3, 0.4) is 0 Å². The standard InChI is InChI=1S/C19H18F2N6O2/c1-4-29-11-5-14(20)13(15(21)6-11)9-27-10(2)12(7-22)17(26-27)19-24-8-16(28-3)18(23)25-19/h5-6,8H,4,9H2,1-3H3,(H2,23,24,25). The highest BCUT2D eigenvalue weighted by molar-refractivity contribution is 5.63. The van der Waals surface area contributed by atoms with Crippen molar-refractivity contribution in [3.8, 4) is 29.1 Å². The van der Waals surface area contributed by atoms with Gasteiger partial charge in [0.1, 0.15) is 34.7 Å². The monoisotopic (exact) mass is 400 g/mol. The van der Waals surface area contributed by atoms with Gasteiger partial charge in [-0.25, -0.2) is 18.7 Å². The van der Waals surface area contributed by atoms with Crippen molar-refractivity contribution in [2.24, 2.45) is 0 Å². The molecular weight excluding hydrogens is 382 g/mol. The Morgan fingerprint density at radius 2 is 1.97 bits per heavy atom. The third kappa shape index (κ3) is 3.80. The lowest BCUT2D eigenvalue weighted by Gasteiger charge is -2.10. The average molecular weight is 400 g/mol. The average Bonchev–Trinajstić information content (AvgIpc) is 3.00. The van der Waals surface area contributed by atoms with Gasteiger partial charge in [-0.3, -0.25) is 4.68 Å². The lowest BCUT2D eigenvalue weighted by Crippen LogP contribution is -2.09. The minimum atomic E-state index is -0.770. The minimum Gasteiger partial charge on any atom is -0.494 e. The summed E-state index contributed by atoms with van der Waals surface area (Å²) < 4.78 is 40.3. The maximum absolute atomic E-state index is 14.4. The SMILES string of the molecule is CCOc1cc(F)c(Cn2nc(-c3ncc(OC)c(N)n3)c(C#N)c2C)c(F)c1. The number of nitrogen functional groups attached to an aromatic ring is 1. The molecule has 10 heteroatoms. The van der Waals surface area contributed by atoms with E-state index in [1.165, 1.54) is 18.0 Å². The third-order valence-corrected chi connectivity index (χ3v) is 4.27. The summed E-state index contributed by atoms with van der Waals surface area (Å²) in [5, 5.41) is 13.8. The van der Waals surface area contributed by atoms with Gasteiger partial charge in [-0.1, -0.05) is 0 Å². The molecule has 0 saturated carbocycles. The highest BCUT2D eigenvalue weighted by Crippen LogP contribution is 2.27. The van der Waals surface area contributed by atoms with Crippen molar-refractivity contribution in [3.05, 3.63) is 46.8 Å². The van der Waals surface area contributed by atoms with E-state index >= 15 is 0 Å². The van der Waals surface area contributed by atoms with Crippen LogP contribution in [-0.4, -0.2) is 33.5 Å². The van der Waals surface area contributed by atoms with Crippen LogP contribution in [0.2, 0.25) is 0 Å². The number of nitrogens with zero attached hydrogens (tertiary/aromatic N) is 5. The summed E-state index contributed by atoms with van der Waals surface area (Å²) in [5.41, 5.74) is 6.35. The van der Waals surface area contributed by atoms with E-state index in [4.69, 9.17) is 15.2 Å². The first-order chi connectivity index (χ1) is 13.9. The Labute approximate surface area is 165 Å². The fraction of sp³-hybridized carbons (Fsp3) is 0.263. The fourth-order valence-electron chi connectivity index (χ4n) is 2.78. The molecule has 0 aliphatic rings. The molecule has 3 aromatic rings. The molecule has 0 radical (unpaired) electrons. The molecule has 0 unspecified atom stereocenters. The second-order valence-corrected chi connectivity index (χ2v) is 6.02. The van der Waals surface area contributed by atoms with Gasteiger partial charge in [0.25, 0.3) is 0 Å². The molecule has 0 saturated heterocycles. The van der Waals surface area contributed by atoms with Gasteiger partial charge in [0.2, 0.25) is 0 Å². The number of benzene rings is 1.